The molecule has 0 radical (unpaired) electrons. The average Bonchev–Trinajstić information content (AvgIpc) is 2.72. The van der Waals surface area contributed by atoms with Gasteiger partial charge < -0.3 is 9.72 Å². The van der Waals surface area contributed by atoms with Crippen molar-refractivity contribution >= 4 is 10.9 Å². The van der Waals surface area contributed by atoms with Gasteiger partial charge in [-0.05, 0) is 66.8 Å². The first-order valence-electron chi connectivity index (χ1n) is 9.81. The number of para-hydroxylation sites is 1. The summed E-state index contributed by atoms with van der Waals surface area (Å²) in [7, 11) is 0. The number of pyridine rings is 1. The zero-order chi connectivity index (χ0) is 19.7. The van der Waals surface area contributed by atoms with Crippen LogP contribution in [0, 0.1) is 17.2 Å². The summed E-state index contributed by atoms with van der Waals surface area (Å²) in [5, 5.41) is 11.0. The molecule has 4 heteroatoms. The van der Waals surface area contributed by atoms with Crippen molar-refractivity contribution < 1.29 is 4.74 Å². The number of H-pyrrole nitrogens is 1. The molecule has 2 unspecified atom stereocenters. The largest absolute Gasteiger partial charge is 0.493 e. The third kappa shape index (κ3) is 3.29. The van der Waals surface area contributed by atoms with Crippen LogP contribution in [0.1, 0.15) is 37.0 Å². The van der Waals surface area contributed by atoms with Gasteiger partial charge in [0, 0.05) is 11.1 Å². The minimum Gasteiger partial charge on any atom is -0.493 e. The van der Waals surface area contributed by atoms with Gasteiger partial charge in [0.2, 0.25) is 0 Å². The highest BCUT2D eigenvalue weighted by Crippen LogP contribution is 2.36. The van der Waals surface area contributed by atoms with Crippen LogP contribution in [0.2, 0.25) is 0 Å². The lowest BCUT2D eigenvalue weighted by Crippen LogP contribution is -2.30. The van der Waals surface area contributed by atoms with Crippen molar-refractivity contribution in [3.8, 4) is 11.8 Å². The Balaban J connectivity index is 1.64. The molecule has 1 aromatic heterocycles. The lowest BCUT2D eigenvalue weighted by atomic mass is 9.74. The van der Waals surface area contributed by atoms with Crippen molar-refractivity contribution in [1.29, 1.82) is 5.26 Å². The number of benzene rings is 2. The van der Waals surface area contributed by atoms with Gasteiger partial charge in [0.25, 0.3) is 5.56 Å². The molecule has 2 aromatic carbocycles. The number of aryl methyl sites for hydroxylation is 1. The average molecular weight is 372 g/mol. The zero-order valence-electron chi connectivity index (χ0n) is 16.3. The van der Waals surface area contributed by atoms with E-state index in [9.17, 15) is 10.1 Å². The van der Waals surface area contributed by atoms with Gasteiger partial charge in [0.15, 0.2) is 0 Å². The van der Waals surface area contributed by atoms with E-state index in [1.165, 1.54) is 5.56 Å². The number of fused-ring (bicyclic) bond motifs is 2. The van der Waals surface area contributed by atoms with E-state index in [4.69, 9.17) is 4.74 Å². The lowest BCUT2D eigenvalue weighted by molar-refractivity contribution is 0.199. The molecule has 2 heterocycles. The molecule has 2 atom stereocenters. The quantitative estimate of drug-likeness (QED) is 0.732. The molecule has 0 fully saturated rings. The van der Waals surface area contributed by atoms with Gasteiger partial charge in [0.1, 0.15) is 5.75 Å². The monoisotopic (exact) mass is 372 g/mol. The second-order valence-electron chi connectivity index (χ2n) is 7.92. The minimum atomic E-state index is -0.644. The Morgan fingerprint density at radius 3 is 2.86 bits per heavy atom. The highest BCUT2D eigenvalue weighted by molar-refractivity contribution is 5.80. The Labute approximate surface area is 164 Å². The van der Waals surface area contributed by atoms with Crippen LogP contribution in [-0.4, -0.2) is 11.6 Å². The van der Waals surface area contributed by atoms with Crippen LogP contribution in [0.4, 0.5) is 0 Å². The number of hydrogen-bond acceptors (Lipinski definition) is 3. The van der Waals surface area contributed by atoms with Crippen LogP contribution in [0.3, 0.4) is 0 Å². The van der Waals surface area contributed by atoms with Crippen LogP contribution in [0.5, 0.6) is 5.75 Å². The molecule has 3 aromatic rings. The smallest absolute Gasteiger partial charge is 0.251 e. The standard InChI is InChI=1S/C24H24N2O2/c1-3-17-11-18-8-9-20(12-21(18)26-23(17)27)24(2,15-25)13-16-10-19-6-4-5-7-22(19)28-14-16/h4-9,11-12,16H,3,10,13-14H2,1-2H3,(H,26,27). The Bertz CT molecular complexity index is 1130. The van der Waals surface area contributed by atoms with Crippen LogP contribution < -0.4 is 10.3 Å². The van der Waals surface area contributed by atoms with Crippen LogP contribution in [0.25, 0.3) is 10.9 Å². The minimum absolute atomic E-state index is 0.0527. The van der Waals surface area contributed by atoms with Gasteiger partial charge in [-0.15, -0.1) is 0 Å². The fourth-order valence-corrected chi connectivity index (χ4v) is 4.18. The van der Waals surface area contributed by atoms with Gasteiger partial charge in [-0.2, -0.15) is 5.26 Å². The van der Waals surface area contributed by atoms with Crippen molar-refractivity contribution in [3.63, 3.8) is 0 Å². The molecule has 0 aliphatic carbocycles. The number of aromatic nitrogens is 1. The fraction of sp³-hybridized carbons (Fsp3) is 0.333. The van der Waals surface area contributed by atoms with Gasteiger partial charge in [-0.25, -0.2) is 0 Å². The molecule has 0 amide bonds. The van der Waals surface area contributed by atoms with Crippen molar-refractivity contribution in [1.82, 2.24) is 4.98 Å². The van der Waals surface area contributed by atoms with Crippen molar-refractivity contribution in [3.05, 3.63) is 75.6 Å². The first kappa shape index (κ1) is 18.3. The molecule has 4 nitrogen and oxygen atoms in total. The predicted molar refractivity (Wildman–Crippen MR) is 111 cm³/mol. The molecule has 1 aliphatic heterocycles. The van der Waals surface area contributed by atoms with Crippen molar-refractivity contribution in [2.24, 2.45) is 5.92 Å². The summed E-state index contributed by atoms with van der Waals surface area (Å²) >= 11 is 0. The van der Waals surface area contributed by atoms with Gasteiger partial charge in [0.05, 0.1) is 18.1 Å². The van der Waals surface area contributed by atoms with Crippen molar-refractivity contribution in [2.45, 2.75) is 38.5 Å². The first-order chi connectivity index (χ1) is 13.5. The summed E-state index contributed by atoms with van der Waals surface area (Å²) in [5.41, 5.74) is 3.00. The zero-order valence-corrected chi connectivity index (χ0v) is 16.3. The molecule has 28 heavy (non-hydrogen) atoms. The summed E-state index contributed by atoms with van der Waals surface area (Å²) in [6.07, 6.45) is 2.32. The van der Waals surface area contributed by atoms with E-state index < -0.39 is 5.41 Å². The normalized spacial score (nSPS) is 18.0. The second-order valence-corrected chi connectivity index (χ2v) is 7.92. The van der Waals surface area contributed by atoms with Gasteiger partial charge in [-0.3, -0.25) is 4.79 Å². The van der Waals surface area contributed by atoms with Crippen molar-refractivity contribution in [2.75, 3.05) is 6.61 Å². The van der Waals surface area contributed by atoms with Gasteiger partial charge >= 0.3 is 0 Å². The van der Waals surface area contributed by atoms with Crippen LogP contribution >= 0.6 is 0 Å². The number of nitrogens with one attached hydrogen (secondary N) is 1. The SMILES string of the molecule is CCc1cc2ccc(C(C)(C#N)CC3COc4ccccc4C3)cc2[nH]c1=O. The van der Waals surface area contributed by atoms with Crippen LogP contribution in [0.15, 0.2) is 53.3 Å². The number of ether oxygens (including phenoxy) is 1. The highest BCUT2D eigenvalue weighted by Gasteiger charge is 2.32. The van der Waals surface area contributed by atoms with E-state index in [0.717, 1.165) is 34.2 Å². The number of nitriles is 1. The molecule has 1 N–H and O–H groups in total. The molecular formula is C24H24N2O2. The Kier molecular flexibility index (Phi) is 4.68. The Morgan fingerprint density at radius 1 is 1.25 bits per heavy atom. The third-order valence-electron chi connectivity index (χ3n) is 5.84. The van der Waals surface area contributed by atoms with E-state index in [1.54, 1.807) is 0 Å². The maximum atomic E-state index is 12.2. The molecule has 0 saturated heterocycles. The van der Waals surface area contributed by atoms with Gasteiger partial charge in [-0.1, -0.05) is 37.3 Å². The molecule has 142 valence electrons. The maximum Gasteiger partial charge on any atom is 0.251 e. The number of hydrogen-bond donors (Lipinski definition) is 1. The van der Waals surface area contributed by atoms with E-state index in [0.29, 0.717) is 19.4 Å². The first-order valence-corrected chi connectivity index (χ1v) is 9.81. The van der Waals surface area contributed by atoms with E-state index in [1.807, 2.05) is 56.3 Å². The van der Waals surface area contributed by atoms with E-state index >= 15 is 0 Å². The number of aromatic amines is 1. The molecule has 0 spiro atoms. The summed E-state index contributed by atoms with van der Waals surface area (Å²) in [6, 6.07) is 18.5. The molecule has 0 saturated carbocycles. The number of nitrogens with zero attached hydrogens (tertiary/aromatic N) is 1. The summed E-state index contributed by atoms with van der Waals surface area (Å²) in [4.78, 5) is 15.2. The molecule has 0 bridgehead atoms. The second kappa shape index (κ2) is 7.16. The third-order valence-corrected chi connectivity index (χ3v) is 5.84. The summed E-state index contributed by atoms with van der Waals surface area (Å²) < 4.78 is 5.92. The lowest BCUT2D eigenvalue weighted by Gasteiger charge is -2.31. The summed E-state index contributed by atoms with van der Waals surface area (Å²) in [6.45, 7) is 4.58. The molecular weight excluding hydrogens is 348 g/mol. The topological polar surface area (TPSA) is 65.9 Å². The van der Waals surface area contributed by atoms with Crippen LogP contribution in [-0.2, 0) is 18.3 Å². The Hall–Kier alpha value is -3.06. The fourth-order valence-electron chi connectivity index (χ4n) is 4.18. The summed E-state index contributed by atoms with van der Waals surface area (Å²) in [5.74, 6) is 1.23. The number of rotatable bonds is 4. The van der Waals surface area contributed by atoms with E-state index in [2.05, 4.69) is 17.1 Å². The maximum absolute atomic E-state index is 12.2. The van der Waals surface area contributed by atoms with E-state index in [-0.39, 0.29) is 11.5 Å². The highest BCUT2D eigenvalue weighted by atomic mass is 16.5. The Morgan fingerprint density at radius 2 is 2.07 bits per heavy atom. The molecule has 4 rings (SSSR count). The molecule has 1 aliphatic rings. The predicted octanol–water partition coefficient (Wildman–Crippen LogP) is 4.51.